The van der Waals surface area contributed by atoms with E-state index in [2.05, 4.69) is 46.3 Å². The third-order valence-corrected chi connectivity index (χ3v) is 4.57. The number of hydrogen-bond donors (Lipinski definition) is 1. The molecule has 0 saturated carbocycles. The molecule has 1 aromatic carbocycles. The minimum Gasteiger partial charge on any atom is -0.315 e. The van der Waals surface area contributed by atoms with E-state index in [0.717, 1.165) is 13.1 Å². The van der Waals surface area contributed by atoms with Crippen LogP contribution in [-0.2, 0) is 13.1 Å². The first-order valence-corrected chi connectivity index (χ1v) is 7.23. The third kappa shape index (κ3) is 2.29. The van der Waals surface area contributed by atoms with Gasteiger partial charge in [-0.15, -0.1) is 11.3 Å². The van der Waals surface area contributed by atoms with Gasteiger partial charge < -0.3 is 5.32 Å². The fourth-order valence-corrected chi connectivity index (χ4v) is 3.57. The highest BCUT2D eigenvalue weighted by Crippen LogP contribution is 2.31. The van der Waals surface area contributed by atoms with Crippen molar-refractivity contribution in [2.75, 3.05) is 7.05 Å². The Kier molecular flexibility index (Phi) is 3.36. The quantitative estimate of drug-likeness (QED) is 0.790. The molecule has 0 aliphatic heterocycles. The molecule has 0 radical (unpaired) electrons. The molecular formula is C15H17N3S. The maximum absolute atomic E-state index is 4.40. The second kappa shape index (κ2) is 5.15. The first kappa shape index (κ1) is 12.4. The number of hydrogen-bond acceptors (Lipinski definition) is 3. The van der Waals surface area contributed by atoms with Crippen LogP contribution in [0.15, 0.2) is 36.5 Å². The van der Waals surface area contributed by atoms with E-state index in [0.29, 0.717) is 0 Å². The van der Waals surface area contributed by atoms with E-state index in [1.54, 1.807) is 0 Å². The van der Waals surface area contributed by atoms with E-state index in [1.165, 1.54) is 26.2 Å². The lowest BCUT2D eigenvalue weighted by Gasteiger charge is -2.07. The summed E-state index contributed by atoms with van der Waals surface area (Å²) < 4.78 is 3.42. The Morgan fingerprint density at radius 1 is 1.26 bits per heavy atom. The molecule has 2 heterocycles. The van der Waals surface area contributed by atoms with E-state index in [1.807, 2.05) is 30.6 Å². The number of rotatable bonds is 4. The van der Waals surface area contributed by atoms with Crippen LogP contribution in [0.4, 0.5) is 0 Å². The molecule has 3 rings (SSSR count). The summed E-state index contributed by atoms with van der Waals surface area (Å²) in [4.78, 5) is 1.40. The smallest absolute Gasteiger partial charge is 0.0679 e. The molecule has 19 heavy (non-hydrogen) atoms. The van der Waals surface area contributed by atoms with Crippen molar-refractivity contribution < 1.29 is 0 Å². The SMILES string of the molecule is CNCc1sc2ccccc2c1Cn1nccc1C. The molecule has 3 aromatic rings. The Bertz CT molecular complexity index is 696. The molecule has 0 aliphatic rings. The molecule has 0 saturated heterocycles. The molecule has 0 atom stereocenters. The van der Waals surface area contributed by atoms with Crippen LogP contribution in [0.1, 0.15) is 16.1 Å². The lowest BCUT2D eigenvalue weighted by molar-refractivity contribution is 0.662. The normalized spacial score (nSPS) is 11.3. The van der Waals surface area contributed by atoms with Crippen molar-refractivity contribution in [1.82, 2.24) is 15.1 Å². The number of nitrogens with zero attached hydrogens (tertiary/aromatic N) is 2. The summed E-state index contributed by atoms with van der Waals surface area (Å²) in [5, 5.41) is 9.01. The van der Waals surface area contributed by atoms with E-state index in [9.17, 15) is 0 Å². The second-order valence-electron chi connectivity index (χ2n) is 4.66. The number of fused-ring (bicyclic) bond motifs is 1. The fraction of sp³-hybridized carbons (Fsp3) is 0.267. The highest BCUT2D eigenvalue weighted by molar-refractivity contribution is 7.19. The fourth-order valence-electron chi connectivity index (χ4n) is 2.34. The molecule has 3 nitrogen and oxygen atoms in total. The summed E-state index contributed by atoms with van der Waals surface area (Å²) >= 11 is 1.87. The Hall–Kier alpha value is -1.65. The van der Waals surface area contributed by atoms with Crippen molar-refractivity contribution >= 4 is 21.4 Å². The average molecular weight is 271 g/mol. The zero-order valence-corrected chi connectivity index (χ0v) is 12.0. The van der Waals surface area contributed by atoms with Gasteiger partial charge in [-0.05, 0) is 37.1 Å². The second-order valence-corrected chi connectivity index (χ2v) is 5.80. The zero-order valence-electron chi connectivity index (χ0n) is 11.2. The summed E-state index contributed by atoms with van der Waals surface area (Å²) in [6.45, 7) is 3.86. The van der Waals surface area contributed by atoms with Gasteiger partial charge in [-0.2, -0.15) is 5.10 Å². The number of aryl methyl sites for hydroxylation is 1. The number of nitrogens with one attached hydrogen (secondary N) is 1. The lowest BCUT2D eigenvalue weighted by atomic mass is 10.1. The molecule has 1 N–H and O–H groups in total. The van der Waals surface area contributed by atoms with Crippen LogP contribution in [0.25, 0.3) is 10.1 Å². The topological polar surface area (TPSA) is 29.9 Å². The highest BCUT2D eigenvalue weighted by atomic mass is 32.1. The van der Waals surface area contributed by atoms with Crippen molar-refractivity contribution in [1.29, 1.82) is 0 Å². The van der Waals surface area contributed by atoms with Crippen LogP contribution in [0.2, 0.25) is 0 Å². The molecule has 0 aliphatic carbocycles. The van der Waals surface area contributed by atoms with Gasteiger partial charge in [-0.25, -0.2) is 0 Å². The van der Waals surface area contributed by atoms with E-state index in [4.69, 9.17) is 0 Å². The first-order valence-electron chi connectivity index (χ1n) is 6.42. The lowest BCUT2D eigenvalue weighted by Crippen LogP contribution is -2.09. The van der Waals surface area contributed by atoms with Crippen molar-refractivity contribution in [3.05, 3.63) is 52.7 Å². The Morgan fingerprint density at radius 3 is 2.84 bits per heavy atom. The van der Waals surface area contributed by atoms with Crippen LogP contribution < -0.4 is 5.32 Å². The summed E-state index contributed by atoms with van der Waals surface area (Å²) in [7, 11) is 1.99. The minimum absolute atomic E-state index is 0.847. The van der Waals surface area contributed by atoms with E-state index in [-0.39, 0.29) is 0 Å². The molecule has 0 fully saturated rings. The summed E-state index contributed by atoms with van der Waals surface area (Å²) in [5.74, 6) is 0. The minimum atomic E-state index is 0.847. The number of benzene rings is 1. The van der Waals surface area contributed by atoms with Crippen LogP contribution in [-0.4, -0.2) is 16.8 Å². The molecule has 2 aromatic heterocycles. The molecule has 0 spiro atoms. The van der Waals surface area contributed by atoms with Gasteiger partial charge in [0.1, 0.15) is 0 Å². The zero-order chi connectivity index (χ0) is 13.2. The summed E-state index contributed by atoms with van der Waals surface area (Å²) in [6.07, 6.45) is 1.86. The van der Waals surface area contributed by atoms with Gasteiger partial charge in [0.15, 0.2) is 0 Å². The Morgan fingerprint density at radius 2 is 2.11 bits per heavy atom. The van der Waals surface area contributed by atoms with Crippen molar-refractivity contribution in [2.24, 2.45) is 0 Å². The van der Waals surface area contributed by atoms with Gasteiger partial charge in [-0.3, -0.25) is 4.68 Å². The summed E-state index contributed by atoms with van der Waals surface area (Å²) in [6, 6.07) is 10.7. The third-order valence-electron chi connectivity index (χ3n) is 3.36. The molecule has 0 amide bonds. The first-order chi connectivity index (χ1) is 9.29. The van der Waals surface area contributed by atoms with Crippen LogP contribution in [0, 0.1) is 6.92 Å². The predicted molar refractivity (Wildman–Crippen MR) is 80.7 cm³/mol. The van der Waals surface area contributed by atoms with Crippen LogP contribution in [0.5, 0.6) is 0 Å². The van der Waals surface area contributed by atoms with Gasteiger partial charge in [0.2, 0.25) is 0 Å². The number of thiophene rings is 1. The van der Waals surface area contributed by atoms with E-state index >= 15 is 0 Å². The maximum atomic E-state index is 4.40. The molecule has 0 unspecified atom stereocenters. The van der Waals surface area contributed by atoms with Gasteiger partial charge in [0.25, 0.3) is 0 Å². The van der Waals surface area contributed by atoms with Gasteiger partial charge in [0.05, 0.1) is 6.54 Å². The van der Waals surface area contributed by atoms with Crippen LogP contribution >= 0.6 is 11.3 Å². The Labute approximate surface area is 116 Å². The van der Waals surface area contributed by atoms with E-state index < -0.39 is 0 Å². The van der Waals surface area contributed by atoms with Crippen molar-refractivity contribution in [2.45, 2.75) is 20.0 Å². The average Bonchev–Trinajstić information content (AvgIpc) is 2.96. The highest BCUT2D eigenvalue weighted by Gasteiger charge is 2.12. The molecule has 0 bridgehead atoms. The van der Waals surface area contributed by atoms with Crippen LogP contribution in [0.3, 0.4) is 0 Å². The van der Waals surface area contributed by atoms with Gasteiger partial charge >= 0.3 is 0 Å². The molecule has 4 heteroatoms. The number of aromatic nitrogens is 2. The van der Waals surface area contributed by atoms with Crippen molar-refractivity contribution in [3.8, 4) is 0 Å². The molecule has 98 valence electrons. The van der Waals surface area contributed by atoms with Gasteiger partial charge in [0, 0.05) is 28.0 Å². The van der Waals surface area contributed by atoms with Gasteiger partial charge in [-0.1, -0.05) is 18.2 Å². The predicted octanol–water partition coefficient (Wildman–Crippen LogP) is 3.17. The molecular weight excluding hydrogens is 254 g/mol. The standard InChI is InChI=1S/C15H17N3S/c1-11-7-8-17-18(11)10-13-12-5-3-4-6-14(12)19-15(13)9-16-2/h3-8,16H,9-10H2,1-2H3. The Balaban J connectivity index is 2.09. The monoisotopic (exact) mass is 271 g/mol. The largest absolute Gasteiger partial charge is 0.315 e. The van der Waals surface area contributed by atoms with Crippen molar-refractivity contribution in [3.63, 3.8) is 0 Å². The maximum Gasteiger partial charge on any atom is 0.0679 e. The summed E-state index contributed by atoms with van der Waals surface area (Å²) in [5.41, 5.74) is 2.59.